The standard InChI is InChI=1S/C13H19N3O5S2/c1-2-14-13(17)9-15-22(18,19)11-5-7-12(8-6-11)23(20,21)16-10-3-4-10/h5-8,10,15-16H,2-4,9H2,1H3,(H,14,17). The van der Waals surface area contributed by atoms with Crippen molar-refractivity contribution in [3.63, 3.8) is 0 Å². The molecule has 0 spiro atoms. The van der Waals surface area contributed by atoms with E-state index in [1.54, 1.807) is 6.92 Å². The van der Waals surface area contributed by atoms with Gasteiger partial charge in [0.2, 0.25) is 26.0 Å². The highest BCUT2D eigenvalue weighted by atomic mass is 32.2. The van der Waals surface area contributed by atoms with Gasteiger partial charge in [-0.15, -0.1) is 0 Å². The number of likely N-dealkylation sites (N-methyl/N-ethyl adjacent to an activating group) is 1. The summed E-state index contributed by atoms with van der Waals surface area (Å²) in [6.45, 7) is 1.75. The van der Waals surface area contributed by atoms with Crippen LogP contribution in [-0.4, -0.2) is 41.9 Å². The Morgan fingerprint density at radius 3 is 2.04 bits per heavy atom. The van der Waals surface area contributed by atoms with Crippen LogP contribution in [0, 0.1) is 0 Å². The van der Waals surface area contributed by atoms with Crippen LogP contribution >= 0.6 is 0 Å². The van der Waals surface area contributed by atoms with Gasteiger partial charge in [-0.2, -0.15) is 0 Å². The number of carbonyl (C=O) groups excluding carboxylic acids is 1. The number of nitrogens with one attached hydrogen (secondary N) is 3. The molecule has 0 atom stereocenters. The van der Waals surface area contributed by atoms with Gasteiger partial charge in [0.05, 0.1) is 16.3 Å². The Labute approximate surface area is 135 Å². The molecule has 0 aliphatic heterocycles. The molecule has 128 valence electrons. The first kappa shape index (κ1) is 17.9. The van der Waals surface area contributed by atoms with Gasteiger partial charge in [-0.05, 0) is 44.0 Å². The molecule has 0 unspecified atom stereocenters. The third-order valence-electron chi connectivity index (χ3n) is 3.14. The summed E-state index contributed by atoms with van der Waals surface area (Å²) in [5.41, 5.74) is 0. The number of benzene rings is 1. The minimum Gasteiger partial charge on any atom is -0.355 e. The lowest BCUT2D eigenvalue weighted by molar-refractivity contribution is -0.119. The van der Waals surface area contributed by atoms with Gasteiger partial charge >= 0.3 is 0 Å². The molecule has 0 heterocycles. The van der Waals surface area contributed by atoms with E-state index < -0.39 is 26.0 Å². The first-order valence-corrected chi connectivity index (χ1v) is 10.1. The van der Waals surface area contributed by atoms with E-state index in [2.05, 4.69) is 14.8 Å². The van der Waals surface area contributed by atoms with E-state index in [9.17, 15) is 21.6 Å². The Bertz CT molecular complexity index is 768. The summed E-state index contributed by atoms with van der Waals surface area (Å²) in [7, 11) is -7.49. The van der Waals surface area contributed by atoms with E-state index in [0.717, 1.165) is 12.8 Å². The largest absolute Gasteiger partial charge is 0.355 e. The number of amides is 1. The first-order chi connectivity index (χ1) is 10.7. The summed E-state index contributed by atoms with van der Waals surface area (Å²) in [6.07, 6.45) is 1.63. The van der Waals surface area contributed by atoms with Gasteiger partial charge in [0.1, 0.15) is 0 Å². The Kier molecular flexibility index (Phi) is 5.40. The molecule has 23 heavy (non-hydrogen) atoms. The topological polar surface area (TPSA) is 121 Å². The average Bonchev–Trinajstić information content (AvgIpc) is 3.29. The van der Waals surface area contributed by atoms with Crippen LogP contribution in [0.25, 0.3) is 0 Å². The fourth-order valence-corrected chi connectivity index (χ4v) is 4.08. The van der Waals surface area contributed by atoms with Gasteiger partial charge in [0.15, 0.2) is 0 Å². The summed E-state index contributed by atoms with van der Waals surface area (Å²) < 4.78 is 52.7. The fourth-order valence-electron chi connectivity index (χ4n) is 1.79. The maximum absolute atomic E-state index is 12.0. The van der Waals surface area contributed by atoms with Crippen molar-refractivity contribution >= 4 is 26.0 Å². The van der Waals surface area contributed by atoms with Crippen molar-refractivity contribution in [1.29, 1.82) is 0 Å². The smallest absolute Gasteiger partial charge is 0.241 e. The SMILES string of the molecule is CCNC(=O)CNS(=O)(=O)c1ccc(S(=O)(=O)NC2CC2)cc1. The zero-order valence-electron chi connectivity index (χ0n) is 12.6. The molecule has 1 amide bonds. The lowest BCUT2D eigenvalue weighted by Crippen LogP contribution is -2.36. The van der Waals surface area contributed by atoms with Crippen LogP contribution in [0.4, 0.5) is 0 Å². The van der Waals surface area contributed by atoms with Crippen LogP contribution in [0.5, 0.6) is 0 Å². The molecular weight excluding hydrogens is 342 g/mol. The molecule has 1 fully saturated rings. The minimum atomic E-state index is -3.87. The van der Waals surface area contributed by atoms with Crippen molar-refractivity contribution < 1.29 is 21.6 Å². The number of sulfonamides is 2. The fraction of sp³-hybridized carbons (Fsp3) is 0.462. The van der Waals surface area contributed by atoms with E-state index in [4.69, 9.17) is 0 Å². The zero-order valence-corrected chi connectivity index (χ0v) is 14.2. The van der Waals surface area contributed by atoms with Crippen molar-refractivity contribution in [3.8, 4) is 0 Å². The Balaban J connectivity index is 2.07. The van der Waals surface area contributed by atoms with E-state index in [1.807, 2.05) is 0 Å². The van der Waals surface area contributed by atoms with Gasteiger partial charge in [0.25, 0.3) is 0 Å². The second-order valence-electron chi connectivity index (χ2n) is 5.15. The van der Waals surface area contributed by atoms with Gasteiger partial charge < -0.3 is 5.32 Å². The molecule has 0 bridgehead atoms. The van der Waals surface area contributed by atoms with Gasteiger partial charge in [-0.25, -0.2) is 26.3 Å². The van der Waals surface area contributed by atoms with E-state index in [0.29, 0.717) is 6.54 Å². The molecule has 3 N–H and O–H groups in total. The van der Waals surface area contributed by atoms with Crippen LogP contribution in [0.15, 0.2) is 34.1 Å². The van der Waals surface area contributed by atoms with Crippen molar-refractivity contribution in [3.05, 3.63) is 24.3 Å². The molecule has 0 saturated heterocycles. The van der Waals surface area contributed by atoms with Crippen LogP contribution in [-0.2, 0) is 24.8 Å². The maximum Gasteiger partial charge on any atom is 0.241 e. The number of carbonyl (C=O) groups is 1. The molecule has 2 rings (SSSR count). The van der Waals surface area contributed by atoms with Crippen LogP contribution in [0.2, 0.25) is 0 Å². The lowest BCUT2D eigenvalue weighted by atomic mass is 10.4. The van der Waals surface area contributed by atoms with Gasteiger partial charge in [0, 0.05) is 12.6 Å². The number of rotatable bonds is 8. The molecule has 1 aromatic carbocycles. The summed E-state index contributed by atoms with van der Waals surface area (Å²) in [4.78, 5) is 11.2. The molecule has 1 aliphatic carbocycles. The van der Waals surface area contributed by atoms with Crippen molar-refractivity contribution in [2.75, 3.05) is 13.1 Å². The van der Waals surface area contributed by atoms with Crippen molar-refractivity contribution in [2.45, 2.75) is 35.6 Å². The summed E-state index contributed by atoms with van der Waals surface area (Å²) in [6, 6.07) is 4.82. The first-order valence-electron chi connectivity index (χ1n) is 7.13. The molecule has 0 aromatic heterocycles. The van der Waals surface area contributed by atoms with Crippen molar-refractivity contribution in [2.24, 2.45) is 0 Å². The molecule has 8 nitrogen and oxygen atoms in total. The normalized spacial score (nSPS) is 15.3. The average molecular weight is 361 g/mol. The highest BCUT2D eigenvalue weighted by molar-refractivity contribution is 7.90. The Morgan fingerprint density at radius 2 is 1.57 bits per heavy atom. The van der Waals surface area contributed by atoms with Crippen LogP contribution in [0.1, 0.15) is 19.8 Å². The second-order valence-corrected chi connectivity index (χ2v) is 8.63. The molecule has 0 radical (unpaired) electrons. The minimum absolute atomic E-state index is 0.00655. The zero-order chi connectivity index (χ0) is 17.1. The number of hydrogen-bond donors (Lipinski definition) is 3. The summed E-state index contributed by atoms with van der Waals surface area (Å²) in [5, 5.41) is 2.47. The van der Waals surface area contributed by atoms with Crippen LogP contribution < -0.4 is 14.8 Å². The highest BCUT2D eigenvalue weighted by Crippen LogP contribution is 2.22. The Morgan fingerprint density at radius 1 is 1.04 bits per heavy atom. The Hall–Kier alpha value is -1.49. The maximum atomic E-state index is 12.0. The summed E-state index contributed by atoms with van der Waals surface area (Å²) >= 11 is 0. The lowest BCUT2D eigenvalue weighted by Gasteiger charge is -2.08. The number of hydrogen-bond acceptors (Lipinski definition) is 5. The summed E-state index contributed by atoms with van der Waals surface area (Å²) in [5.74, 6) is -0.441. The van der Waals surface area contributed by atoms with Crippen molar-refractivity contribution in [1.82, 2.24) is 14.8 Å². The van der Waals surface area contributed by atoms with E-state index in [-0.39, 0.29) is 22.4 Å². The predicted octanol–water partition coefficient (Wildman–Crippen LogP) is -0.458. The van der Waals surface area contributed by atoms with E-state index in [1.165, 1.54) is 24.3 Å². The quantitative estimate of drug-likeness (QED) is 0.578. The van der Waals surface area contributed by atoms with E-state index >= 15 is 0 Å². The second kappa shape index (κ2) is 6.95. The predicted molar refractivity (Wildman–Crippen MR) is 83.7 cm³/mol. The molecule has 1 aromatic rings. The molecular formula is C13H19N3O5S2. The van der Waals surface area contributed by atoms with Gasteiger partial charge in [-0.3, -0.25) is 4.79 Å². The third-order valence-corrected chi connectivity index (χ3v) is 6.09. The van der Waals surface area contributed by atoms with Crippen LogP contribution in [0.3, 0.4) is 0 Å². The molecule has 10 heteroatoms. The third kappa shape index (κ3) is 4.99. The van der Waals surface area contributed by atoms with Gasteiger partial charge in [-0.1, -0.05) is 0 Å². The molecule has 1 saturated carbocycles. The molecule has 1 aliphatic rings. The monoisotopic (exact) mass is 361 g/mol. The highest BCUT2D eigenvalue weighted by Gasteiger charge is 2.28.